The fourth-order valence-electron chi connectivity index (χ4n) is 1.92. The summed E-state index contributed by atoms with van der Waals surface area (Å²) in [7, 11) is 0. The van der Waals surface area contributed by atoms with E-state index in [1.807, 2.05) is 0 Å². The fourth-order valence-corrected chi connectivity index (χ4v) is 1.92. The zero-order valence-electron chi connectivity index (χ0n) is 10.8. The van der Waals surface area contributed by atoms with Gasteiger partial charge in [-0.25, -0.2) is 0 Å². The van der Waals surface area contributed by atoms with Gasteiger partial charge in [-0.1, -0.05) is 6.92 Å². The molecule has 1 amide bonds. The Morgan fingerprint density at radius 3 is 2.88 bits per heavy atom. The van der Waals surface area contributed by atoms with Crippen LogP contribution < -0.4 is 10.6 Å². The Kier molecular flexibility index (Phi) is 9.50. The summed E-state index contributed by atoms with van der Waals surface area (Å²) >= 11 is 0. The Bertz CT molecular complexity index is 209. The second-order valence-corrected chi connectivity index (χ2v) is 4.53. The van der Waals surface area contributed by atoms with Gasteiger partial charge in [-0.15, -0.1) is 12.4 Å². The normalized spacial score (nSPS) is 20.7. The highest BCUT2D eigenvalue weighted by Crippen LogP contribution is 2.17. The van der Waals surface area contributed by atoms with Crippen molar-refractivity contribution in [1.82, 2.24) is 10.6 Å². The number of nitrogens with one attached hydrogen (secondary N) is 2. The predicted octanol–water partition coefficient (Wildman–Crippen LogP) is 1.34. The molecule has 102 valence electrons. The third-order valence-electron chi connectivity index (χ3n) is 2.96. The van der Waals surface area contributed by atoms with Crippen molar-refractivity contribution in [2.75, 3.05) is 26.3 Å². The van der Waals surface area contributed by atoms with Crippen LogP contribution in [-0.2, 0) is 9.53 Å². The topological polar surface area (TPSA) is 50.4 Å². The minimum atomic E-state index is 0. The van der Waals surface area contributed by atoms with E-state index in [0.29, 0.717) is 24.9 Å². The van der Waals surface area contributed by atoms with Gasteiger partial charge in [-0.05, 0) is 32.2 Å². The van der Waals surface area contributed by atoms with Crippen LogP contribution in [-0.4, -0.2) is 38.3 Å². The minimum absolute atomic E-state index is 0. The maximum atomic E-state index is 11.5. The Balaban J connectivity index is 0.00000256. The van der Waals surface area contributed by atoms with Gasteiger partial charge >= 0.3 is 0 Å². The highest BCUT2D eigenvalue weighted by atomic mass is 35.5. The number of rotatable bonds is 7. The molecule has 1 rings (SSSR count). The molecule has 2 N–H and O–H groups in total. The van der Waals surface area contributed by atoms with Crippen LogP contribution in [0.25, 0.3) is 0 Å². The molecule has 0 aromatic rings. The number of halogens is 1. The molecule has 0 aromatic carbocycles. The molecule has 0 aliphatic carbocycles. The van der Waals surface area contributed by atoms with E-state index in [9.17, 15) is 4.79 Å². The second kappa shape index (κ2) is 9.68. The number of carbonyl (C=O) groups is 1. The number of likely N-dealkylation sites (N-methyl/N-ethyl adjacent to an activating group) is 1. The van der Waals surface area contributed by atoms with Crippen LogP contribution in [0.3, 0.4) is 0 Å². The van der Waals surface area contributed by atoms with E-state index in [-0.39, 0.29) is 18.3 Å². The summed E-state index contributed by atoms with van der Waals surface area (Å²) in [6.45, 7) is 7.50. The highest BCUT2D eigenvalue weighted by molar-refractivity contribution is 5.85. The Morgan fingerprint density at radius 1 is 1.53 bits per heavy atom. The SMILES string of the molecule is CCN[C@H](C)CNC(=O)CCC1CCOC1.Cl. The van der Waals surface area contributed by atoms with E-state index in [2.05, 4.69) is 24.5 Å². The first kappa shape index (κ1) is 16.7. The molecule has 1 heterocycles. The molecule has 1 unspecified atom stereocenters. The number of hydrogen-bond donors (Lipinski definition) is 2. The predicted molar refractivity (Wildman–Crippen MR) is 71.6 cm³/mol. The molecule has 0 radical (unpaired) electrons. The first-order valence-electron chi connectivity index (χ1n) is 6.30. The van der Waals surface area contributed by atoms with E-state index in [1.165, 1.54) is 0 Å². The van der Waals surface area contributed by atoms with Crippen molar-refractivity contribution in [3.63, 3.8) is 0 Å². The molecular weight excluding hydrogens is 240 g/mol. The average molecular weight is 265 g/mol. The van der Waals surface area contributed by atoms with Crippen molar-refractivity contribution in [3.8, 4) is 0 Å². The molecule has 4 nitrogen and oxygen atoms in total. The first-order valence-corrected chi connectivity index (χ1v) is 6.30. The molecule has 1 saturated heterocycles. The van der Waals surface area contributed by atoms with E-state index >= 15 is 0 Å². The lowest BCUT2D eigenvalue weighted by Crippen LogP contribution is -2.38. The Labute approximate surface area is 110 Å². The second-order valence-electron chi connectivity index (χ2n) is 4.53. The number of amides is 1. The molecule has 0 spiro atoms. The molecule has 0 aromatic heterocycles. The number of carbonyl (C=O) groups excluding carboxylic acids is 1. The van der Waals surface area contributed by atoms with Crippen LogP contribution in [0.15, 0.2) is 0 Å². The van der Waals surface area contributed by atoms with Crippen molar-refractivity contribution < 1.29 is 9.53 Å². The zero-order chi connectivity index (χ0) is 11.8. The van der Waals surface area contributed by atoms with Crippen molar-refractivity contribution in [1.29, 1.82) is 0 Å². The van der Waals surface area contributed by atoms with Crippen molar-refractivity contribution >= 4 is 18.3 Å². The third kappa shape index (κ3) is 7.58. The maximum Gasteiger partial charge on any atom is 0.220 e. The summed E-state index contributed by atoms with van der Waals surface area (Å²) in [5, 5.41) is 6.21. The summed E-state index contributed by atoms with van der Waals surface area (Å²) < 4.78 is 5.28. The van der Waals surface area contributed by atoms with Crippen LogP contribution >= 0.6 is 12.4 Å². The number of ether oxygens (including phenoxy) is 1. The van der Waals surface area contributed by atoms with Gasteiger partial charge in [0.1, 0.15) is 0 Å². The minimum Gasteiger partial charge on any atom is -0.381 e. The fraction of sp³-hybridized carbons (Fsp3) is 0.917. The summed E-state index contributed by atoms with van der Waals surface area (Å²) in [6.07, 6.45) is 2.70. The molecule has 1 aliphatic rings. The lowest BCUT2D eigenvalue weighted by molar-refractivity contribution is -0.121. The van der Waals surface area contributed by atoms with Crippen LogP contribution in [0.1, 0.15) is 33.1 Å². The molecule has 0 bridgehead atoms. The van der Waals surface area contributed by atoms with E-state index < -0.39 is 0 Å². The highest BCUT2D eigenvalue weighted by Gasteiger charge is 2.16. The van der Waals surface area contributed by atoms with Gasteiger partial charge in [-0.3, -0.25) is 4.79 Å². The van der Waals surface area contributed by atoms with E-state index in [4.69, 9.17) is 4.74 Å². The Hall–Kier alpha value is -0.320. The summed E-state index contributed by atoms with van der Waals surface area (Å²) in [6, 6.07) is 0.351. The summed E-state index contributed by atoms with van der Waals surface area (Å²) in [5.74, 6) is 0.758. The monoisotopic (exact) mass is 264 g/mol. The van der Waals surface area contributed by atoms with Gasteiger partial charge in [0, 0.05) is 32.2 Å². The molecule has 17 heavy (non-hydrogen) atoms. The first-order chi connectivity index (χ1) is 7.72. The maximum absolute atomic E-state index is 11.5. The Morgan fingerprint density at radius 2 is 2.29 bits per heavy atom. The standard InChI is InChI=1S/C12H24N2O2.ClH/c1-3-13-10(2)8-14-12(15)5-4-11-6-7-16-9-11;/h10-11,13H,3-9H2,1-2H3,(H,14,15);1H/t10-,11?;/m1./s1. The van der Waals surface area contributed by atoms with Gasteiger partial charge in [-0.2, -0.15) is 0 Å². The molecule has 2 atom stereocenters. The largest absolute Gasteiger partial charge is 0.381 e. The van der Waals surface area contributed by atoms with E-state index in [0.717, 1.165) is 32.6 Å². The number of hydrogen-bond acceptors (Lipinski definition) is 3. The van der Waals surface area contributed by atoms with Gasteiger partial charge < -0.3 is 15.4 Å². The average Bonchev–Trinajstić information content (AvgIpc) is 2.77. The van der Waals surface area contributed by atoms with Crippen molar-refractivity contribution in [2.45, 2.75) is 39.2 Å². The zero-order valence-corrected chi connectivity index (χ0v) is 11.6. The quantitative estimate of drug-likeness (QED) is 0.730. The lowest BCUT2D eigenvalue weighted by atomic mass is 10.0. The van der Waals surface area contributed by atoms with E-state index in [1.54, 1.807) is 0 Å². The molecule has 1 aliphatic heterocycles. The smallest absolute Gasteiger partial charge is 0.220 e. The van der Waals surface area contributed by atoms with Gasteiger partial charge in [0.15, 0.2) is 0 Å². The lowest BCUT2D eigenvalue weighted by Gasteiger charge is -2.13. The van der Waals surface area contributed by atoms with Crippen molar-refractivity contribution in [2.24, 2.45) is 5.92 Å². The molecule has 5 heteroatoms. The molecule has 0 saturated carbocycles. The third-order valence-corrected chi connectivity index (χ3v) is 2.96. The van der Waals surface area contributed by atoms with Crippen LogP contribution in [0, 0.1) is 5.92 Å². The van der Waals surface area contributed by atoms with Gasteiger partial charge in [0.25, 0.3) is 0 Å². The van der Waals surface area contributed by atoms with Crippen LogP contribution in [0.5, 0.6) is 0 Å². The summed E-state index contributed by atoms with van der Waals surface area (Å²) in [5.41, 5.74) is 0. The van der Waals surface area contributed by atoms with Crippen LogP contribution in [0.2, 0.25) is 0 Å². The van der Waals surface area contributed by atoms with Crippen molar-refractivity contribution in [3.05, 3.63) is 0 Å². The molecular formula is C12H25ClN2O2. The van der Waals surface area contributed by atoms with Gasteiger partial charge in [0.05, 0.1) is 0 Å². The van der Waals surface area contributed by atoms with Gasteiger partial charge in [0.2, 0.25) is 5.91 Å². The molecule has 1 fully saturated rings. The van der Waals surface area contributed by atoms with Crippen LogP contribution in [0.4, 0.5) is 0 Å². The summed E-state index contributed by atoms with van der Waals surface area (Å²) in [4.78, 5) is 11.5.